The topological polar surface area (TPSA) is 41.1 Å². The van der Waals surface area contributed by atoms with Gasteiger partial charge in [0.25, 0.3) is 0 Å². The van der Waals surface area contributed by atoms with Gasteiger partial charge in [-0.3, -0.25) is 4.98 Å². The fourth-order valence-electron chi connectivity index (χ4n) is 2.88. The molecule has 1 aromatic rings. The van der Waals surface area contributed by atoms with E-state index >= 15 is 0 Å². The number of hydrogen-bond acceptors (Lipinski definition) is 4. The molecule has 0 amide bonds. The van der Waals surface area contributed by atoms with Crippen LogP contribution in [0.4, 0.5) is 5.82 Å². The molecule has 0 unspecified atom stereocenters. The quantitative estimate of drug-likeness (QED) is 0.777. The van der Waals surface area contributed by atoms with Crippen molar-refractivity contribution in [3.05, 3.63) is 18.1 Å². The van der Waals surface area contributed by atoms with Gasteiger partial charge in [0.2, 0.25) is 0 Å². The number of anilines is 1. The van der Waals surface area contributed by atoms with Gasteiger partial charge in [0, 0.05) is 25.8 Å². The minimum absolute atomic E-state index is 0.820. The fourth-order valence-corrected chi connectivity index (χ4v) is 2.88. The lowest BCUT2D eigenvalue weighted by molar-refractivity contribution is 0.377. The van der Waals surface area contributed by atoms with Gasteiger partial charge < -0.3 is 10.2 Å². The van der Waals surface area contributed by atoms with Crippen LogP contribution in [0.25, 0.3) is 0 Å². The molecule has 1 aliphatic heterocycles. The summed E-state index contributed by atoms with van der Waals surface area (Å²) in [5, 5.41) is 3.38. The number of aromatic nitrogens is 2. The molecule has 4 nitrogen and oxygen atoms in total. The summed E-state index contributed by atoms with van der Waals surface area (Å²) in [7, 11) is 0. The van der Waals surface area contributed by atoms with E-state index in [-0.39, 0.29) is 0 Å². The molecule has 1 saturated heterocycles. The van der Waals surface area contributed by atoms with Crippen LogP contribution in [-0.4, -0.2) is 29.6 Å². The first-order chi connectivity index (χ1) is 9.83. The van der Waals surface area contributed by atoms with Gasteiger partial charge in [-0.25, -0.2) is 4.98 Å². The molecule has 0 saturated carbocycles. The first kappa shape index (κ1) is 15.2. The lowest BCUT2D eigenvalue weighted by atomic mass is 9.92. The van der Waals surface area contributed by atoms with Crippen LogP contribution in [0, 0.1) is 5.92 Å². The van der Waals surface area contributed by atoms with E-state index in [4.69, 9.17) is 4.98 Å². The second-order valence-corrected chi connectivity index (χ2v) is 5.76. The summed E-state index contributed by atoms with van der Waals surface area (Å²) in [6.07, 6.45) is 10.2. The van der Waals surface area contributed by atoms with Gasteiger partial charge in [-0.2, -0.15) is 0 Å². The van der Waals surface area contributed by atoms with Crippen molar-refractivity contribution in [1.82, 2.24) is 15.3 Å². The molecule has 0 radical (unpaired) electrons. The SMILES string of the molecule is CCCNCc1cncc(N2CCC(CCC)CC2)n1. The molecule has 1 aliphatic rings. The maximum absolute atomic E-state index is 4.74. The molecule has 0 aliphatic carbocycles. The van der Waals surface area contributed by atoms with Crippen molar-refractivity contribution in [2.75, 3.05) is 24.5 Å². The minimum Gasteiger partial charge on any atom is -0.355 e. The van der Waals surface area contributed by atoms with E-state index in [1.165, 1.54) is 25.7 Å². The molecule has 2 heterocycles. The molecule has 20 heavy (non-hydrogen) atoms. The third-order valence-electron chi connectivity index (χ3n) is 4.04. The van der Waals surface area contributed by atoms with Gasteiger partial charge >= 0.3 is 0 Å². The molecule has 0 spiro atoms. The van der Waals surface area contributed by atoms with Crippen LogP contribution < -0.4 is 10.2 Å². The highest BCUT2D eigenvalue weighted by molar-refractivity contribution is 5.36. The zero-order valence-corrected chi connectivity index (χ0v) is 12.9. The molecule has 0 atom stereocenters. The van der Waals surface area contributed by atoms with E-state index in [0.717, 1.165) is 50.0 Å². The second kappa shape index (κ2) is 8.20. The highest BCUT2D eigenvalue weighted by atomic mass is 15.2. The van der Waals surface area contributed by atoms with Crippen LogP contribution in [0.1, 0.15) is 51.6 Å². The molecule has 2 rings (SSSR count). The Morgan fingerprint density at radius 3 is 2.70 bits per heavy atom. The highest BCUT2D eigenvalue weighted by Crippen LogP contribution is 2.24. The molecular weight excluding hydrogens is 248 g/mol. The third kappa shape index (κ3) is 4.44. The van der Waals surface area contributed by atoms with Gasteiger partial charge in [0.15, 0.2) is 0 Å². The first-order valence-electron chi connectivity index (χ1n) is 8.10. The molecule has 1 fully saturated rings. The summed E-state index contributed by atoms with van der Waals surface area (Å²) in [6.45, 7) is 8.58. The van der Waals surface area contributed by atoms with Crippen LogP contribution in [-0.2, 0) is 6.54 Å². The standard InChI is InChI=1S/C16H28N4/c1-3-5-14-6-9-20(10-7-14)16-13-18-12-15(19-16)11-17-8-4-2/h12-14,17H,3-11H2,1-2H3. The number of hydrogen-bond donors (Lipinski definition) is 1. The van der Waals surface area contributed by atoms with E-state index in [0.29, 0.717) is 0 Å². The van der Waals surface area contributed by atoms with Crippen LogP contribution in [0.3, 0.4) is 0 Å². The van der Waals surface area contributed by atoms with E-state index in [2.05, 4.69) is 29.0 Å². The van der Waals surface area contributed by atoms with Gasteiger partial charge in [-0.15, -0.1) is 0 Å². The van der Waals surface area contributed by atoms with E-state index < -0.39 is 0 Å². The van der Waals surface area contributed by atoms with Crippen molar-refractivity contribution in [1.29, 1.82) is 0 Å². The molecule has 1 N–H and O–H groups in total. The lowest BCUT2D eigenvalue weighted by Gasteiger charge is -2.32. The summed E-state index contributed by atoms with van der Waals surface area (Å²) in [4.78, 5) is 11.5. The van der Waals surface area contributed by atoms with Crippen molar-refractivity contribution in [2.45, 2.75) is 52.5 Å². The smallest absolute Gasteiger partial charge is 0.147 e. The zero-order valence-electron chi connectivity index (χ0n) is 12.9. The molecule has 112 valence electrons. The van der Waals surface area contributed by atoms with Gasteiger partial charge in [0.1, 0.15) is 5.82 Å². The van der Waals surface area contributed by atoms with Crippen molar-refractivity contribution in [2.24, 2.45) is 5.92 Å². The normalized spacial score (nSPS) is 16.6. The summed E-state index contributed by atoms with van der Waals surface area (Å²) in [5.74, 6) is 1.97. The van der Waals surface area contributed by atoms with Crippen molar-refractivity contribution >= 4 is 5.82 Å². The number of nitrogens with one attached hydrogen (secondary N) is 1. The Bertz CT molecular complexity index is 386. The Hall–Kier alpha value is -1.16. The largest absolute Gasteiger partial charge is 0.355 e. The summed E-state index contributed by atoms with van der Waals surface area (Å²) >= 11 is 0. The van der Waals surface area contributed by atoms with Gasteiger partial charge in [-0.1, -0.05) is 26.7 Å². The third-order valence-corrected chi connectivity index (χ3v) is 4.04. The van der Waals surface area contributed by atoms with Crippen molar-refractivity contribution in [3.8, 4) is 0 Å². The Balaban J connectivity index is 1.87. The van der Waals surface area contributed by atoms with Gasteiger partial charge in [-0.05, 0) is 31.7 Å². The van der Waals surface area contributed by atoms with Crippen LogP contribution in [0.15, 0.2) is 12.4 Å². The van der Waals surface area contributed by atoms with Crippen molar-refractivity contribution in [3.63, 3.8) is 0 Å². The molecular formula is C16H28N4. The van der Waals surface area contributed by atoms with Crippen molar-refractivity contribution < 1.29 is 0 Å². The average molecular weight is 276 g/mol. The number of rotatable bonds is 7. The Morgan fingerprint density at radius 1 is 1.20 bits per heavy atom. The number of piperidine rings is 1. The van der Waals surface area contributed by atoms with Crippen LogP contribution in [0.2, 0.25) is 0 Å². The maximum Gasteiger partial charge on any atom is 0.147 e. The minimum atomic E-state index is 0.820. The van der Waals surface area contributed by atoms with E-state index in [1.54, 1.807) is 0 Å². The Morgan fingerprint density at radius 2 is 2.00 bits per heavy atom. The van der Waals surface area contributed by atoms with E-state index in [9.17, 15) is 0 Å². The zero-order chi connectivity index (χ0) is 14.2. The number of nitrogens with zero attached hydrogens (tertiary/aromatic N) is 3. The van der Waals surface area contributed by atoms with Crippen LogP contribution in [0.5, 0.6) is 0 Å². The monoisotopic (exact) mass is 276 g/mol. The lowest BCUT2D eigenvalue weighted by Crippen LogP contribution is -2.34. The maximum atomic E-state index is 4.74. The fraction of sp³-hybridized carbons (Fsp3) is 0.750. The Labute approximate surface area is 123 Å². The van der Waals surface area contributed by atoms with Gasteiger partial charge in [0.05, 0.1) is 11.9 Å². The predicted octanol–water partition coefficient (Wildman–Crippen LogP) is 2.99. The average Bonchev–Trinajstić information content (AvgIpc) is 2.49. The highest BCUT2D eigenvalue weighted by Gasteiger charge is 2.19. The van der Waals surface area contributed by atoms with Crippen LogP contribution >= 0.6 is 0 Å². The second-order valence-electron chi connectivity index (χ2n) is 5.76. The molecule has 0 bridgehead atoms. The molecule has 1 aromatic heterocycles. The molecule has 0 aromatic carbocycles. The van der Waals surface area contributed by atoms with E-state index in [1.807, 2.05) is 12.4 Å². The molecule has 4 heteroatoms. The summed E-state index contributed by atoms with van der Waals surface area (Å²) in [5.41, 5.74) is 1.05. The Kier molecular flexibility index (Phi) is 6.25. The summed E-state index contributed by atoms with van der Waals surface area (Å²) < 4.78 is 0. The first-order valence-corrected chi connectivity index (χ1v) is 8.10. The summed E-state index contributed by atoms with van der Waals surface area (Å²) in [6, 6.07) is 0. The predicted molar refractivity (Wildman–Crippen MR) is 83.9 cm³/mol.